The molecule has 3 heterocycles. The molecule has 2 atom stereocenters. The summed E-state index contributed by atoms with van der Waals surface area (Å²) in [4.78, 5) is 17.0. The van der Waals surface area contributed by atoms with Gasteiger partial charge in [-0.2, -0.15) is 5.10 Å². The Hall–Kier alpha value is -1.56. The van der Waals surface area contributed by atoms with Gasteiger partial charge in [-0.05, 0) is 85.7 Å². The molecule has 1 amide bonds. The molecule has 2 aliphatic rings. The first-order chi connectivity index (χ1) is 13.2. The van der Waals surface area contributed by atoms with Crippen LogP contribution in [0, 0.1) is 19.8 Å². The lowest BCUT2D eigenvalue weighted by molar-refractivity contribution is 0.0155. The second kappa shape index (κ2) is 8.44. The number of aryl methyl sites for hydroxylation is 2. The van der Waals surface area contributed by atoms with Gasteiger partial charge in [-0.1, -0.05) is 0 Å². The van der Waals surface area contributed by atoms with Crippen LogP contribution in [0.25, 0.3) is 0 Å². The van der Waals surface area contributed by atoms with Crippen LogP contribution < -0.4 is 0 Å². The Bertz CT molecular complexity index is 691. The van der Waals surface area contributed by atoms with E-state index in [0.717, 1.165) is 32.5 Å². The number of nitrogens with zero attached hydrogens (tertiary/aromatic N) is 4. The molecule has 158 valence electrons. The average molecular weight is 391 g/mol. The summed E-state index contributed by atoms with van der Waals surface area (Å²) in [5.74, 6) is 0.568. The van der Waals surface area contributed by atoms with Gasteiger partial charge >= 0.3 is 6.09 Å². The molecule has 0 saturated carbocycles. The molecule has 0 N–H and O–H groups in total. The van der Waals surface area contributed by atoms with Crippen molar-refractivity contribution < 1.29 is 9.53 Å². The second-order valence-corrected chi connectivity index (χ2v) is 9.63. The fourth-order valence-electron chi connectivity index (χ4n) is 4.83. The highest BCUT2D eigenvalue weighted by Gasteiger charge is 2.32. The molecule has 28 heavy (non-hydrogen) atoms. The van der Waals surface area contributed by atoms with Crippen LogP contribution in [0.1, 0.15) is 75.9 Å². The molecule has 0 aliphatic carbocycles. The summed E-state index contributed by atoms with van der Waals surface area (Å²) < 4.78 is 7.59. The summed E-state index contributed by atoms with van der Waals surface area (Å²) in [6.45, 7) is 14.0. The lowest BCUT2D eigenvalue weighted by Gasteiger charge is -2.35. The lowest BCUT2D eigenvalue weighted by atomic mass is 9.94. The zero-order valence-corrected chi connectivity index (χ0v) is 18.6. The van der Waals surface area contributed by atoms with Gasteiger partial charge in [0.2, 0.25) is 0 Å². The molecule has 2 unspecified atom stereocenters. The second-order valence-electron chi connectivity index (χ2n) is 9.63. The van der Waals surface area contributed by atoms with E-state index >= 15 is 0 Å². The van der Waals surface area contributed by atoms with E-state index in [0.29, 0.717) is 12.0 Å². The van der Waals surface area contributed by atoms with Crippen molar-refractivity contribution in [1.29, 1.82) is 0 Å². The molecular weight excluding hydrogens is 352 g/mol. The Morgan fingerprint density at radius 3 is 2.54 bits per heavy atom. The fraction of sp³-hybridized carbons (Fsp3) is 0.818. The molecule has 6 nitrogen and oxygen atoms in total. The third-order valence-electron chi connectivity index (χ3n) is 6.26. The number of amides is 1. The van der Waals surface area contributed by atoms with Gasteiger partial charge < -0.3 is 9.64 Å². The summed E-state index contributed by atoms with van der Waals surface area (Å²) in [6.07, 6.45) is 5.76. The summed E-state index contributed by atoms with van der Waals surface area (Å²) in [6, 6.07) is 0.499. The van der Waals surface area contributed by atoms with Crippen LogP contribution in [-0.2, 0) is 11.8 Å². The monoisotopic (exact) mass is 390 g/mol. The van der Waals surface area contributed by atoms with E-state index in [-0.39, 0.29) is 6.09 Å². The normalized spacial score (nSPS) is 24.0. The number of carbonyl (C=O) groups is 1. The largest absolute Gasteiger partial charge is 0.444 e. The van der Waals surface area contributed by atoms with E-state index in [9.17, 15) is 4.79 Å². The van der Waals surface area contributed by atoms with Crippen molar-refractivity contribution in [3.8, 4) is 0 Å². The highest BCUT2D eigenvalue weighted by molar-refractivity contribution is 5.68. The Morgan fingerprint density at radius 1 is 1.18 bits per heavy atom. The van der Waals surface area contributed by atoms with Gasteiger partial charge in [0.05, 0.1) is 5.69 Å². The lowest BCUT2D eigenvalue weighted by Crippen LogP contribution is -2.43. The van der Waals surface area contributed by atoms with Gasteiger partial charge in [-0.25, -0.2) is 4.79 Å². The predicted octanol–water partition coefficient (Wildman–Crippen LogP) is 4.21. The number of hydrogen-bond acceptors (Lipinski definition) is 4. The molecule has 1 aromatic rings. The van der Waals surface area contributed by atoms with E-state index in [2.05, 4.69) is 23.8 Å². The first-order valence-corrected chi connectivity index (χ1v) is 10.9. The zero-order valence-electron chi connectivity index (χ0n) is 18.6. The van der Waals surface area contributed by atoms with Crippen LogP contribution in [-0.4, -0.2) is 57.5 Å². The average Bonchev–Trinajstić information content (AvgIpc) is 3.16. The molecule has 0 radical (unpaired) electrons. The maximum atomic E-state index is 12.4. The summed E-state index contributed by atoms with van der Waals surface area (Å²) >= 11 is 0. The molecule has 6 heteroatoms. The number of carbonyl (C=O) groups excluding carboxylic acids is 1. The van der Waals surface area contributed by atoms with Crippen LogP contribution in [0.3, 0.4) is 0 Å². The minimum atomic E-state index is -0.424. The maximum absolute atomic E-state index is 12.4. The van der Waals surface area contributed by atoms with Crippen molar-refractivity contribution in [2.45, 2.75) is 78.4 Å². The van der Waals surface area contributed by atoms with Crippen molar-refractivity contribution in [1.82, 2.24) is 19.6 Å². The first kappa shape index (κ1) is 21.2. The number of likely N-dealkylation sites (tertiary alicyclic amines) is 2. The van der Waals surface area contributed by atoms with E-state index in [1.807, 2.05) is 37.4 Å². The minimum Gasteiger partial charge on any atom is -0.444 e. The molecule has 0 aromatic carbocycles. The van der Waals surface area contributed by atoms with E-state index in [1.54, 1.807) is 0 Å². The Morgan fingerprint density at radius 2 is 1.89 bits per heavy atom. The topological polar surface area (TPSA) is 50.6 Å². The highest BCUT2D eigenvalue weighted by Crippen LogP contribution is 2.36. The number of aromatic nitrogens is 2. The van der Waals surface area contributed by atoms with Crippen LogP contribution in [0.15, 0.2) is 0 Å². The van der Waals surface area contributed by atoms with E-state index in [4.69, 9.17) is 4.74 Å². The number of ether oxygens (including phenoxy) is 1. The molecule has 0 spiro atoms. The Balaban J connectivity index is 1.56. The molecular formula is C22H38N4O2. The SMILES string of the molecule is Cc1nn(C)c(C)c1C1CCCN1CCC1CCCN(C(=O)OC(C)(C)C)C1. The quantitative estimate of drug-likeness (QED) is 0.773. The third-order valence-corrected chi connectivity index (χ3v) is 6.26. The van der Waals surface area contributed by atoms with Crippen molar-refractivity contribution in [3.63, 3.8) is 0 Å². The fourth-order valence-corrected chi connectivity index (χ4v) is 4.83. The van der Waals surface area contributed by atoms with Crippen LogP contribution in [0.2, 0.25) is 0 Å². The minimum absolute atomic E-state index is 0.155. The molecule has 2 aliphatic heterocycles. The van der Waals surface area contributed by atoms with Crippen molar-refractivity contribution >= 4 is 6.09 Å². The van der Waals surface area contributed by atoms with Gasteiger partial charge in [0.25, 0.3) is 0 Å². The van der Waals surface area contributed by atoms with Crippen molar-refractivity contribution in [3.05, 3.63) is 17.0 Å². The Labute approximate surface area is 170 Å². The van der Waals surface area contributed by atoms with Gasteiger partial charge in [0, 0.05) is 37.4 Å². The summed E-state index contributed by atoms with van der Waals surface area (Å²) in [5.41, 5.74) is 3.47. The number of piperidine rings is 1. The highest BCUT2D eigenvalue weighted by atomic mass is 16.6. The number of rotatable bonds is 4. The van der Waals surface area contributed by atoms with E-state index < -0.39 is 5.60 Å². The van der Waals surface area contributed by atoms with Gasteiger partial charge in [-0.15, -0.1) is 0 Å². The van der Waals surface area contributed by atoms with Crippen LogP contribution in [0.4, 0.5) is 4.79 Å². The number of hydrogen-bond donors (Lipinski definition) is 0. The molecule has 2 saturated heterocycles. The van der Waals surface area contributed by atoms with Crippen molar-refractivity contribution in [2.24, 2.45) is 13.0 Å². The zero-order chi connectivity index (χ0) is 20.5. The first-order valence-electron chi connectivity index (χ1n) is 10.9. The Kier molecular flexibility index (Phi) is 6.37. The molecule has 2 fully saturated rings. The van der Waals surface area contributed by atoms with Gasteiger partial charge in [0.15, 0.2) is 0 Å². The summed E-state index contributed by atoms with van der Waals surface area (Å²) in [7, 11) is 2.04. The van der Waals surface area contributed by atoms with Gasteiger partial charge in [-0.3, -0.25) is 9.58 Å². The standard InChI is InChI=1S/C22H38N4O2/c1-16-20(17(2)24(6)23-16)19-10-8-12-25(19)14-11-18-9-7-13-26(15-18)21(27)28-22(3,4)5/h18-19H,7-15H2,1-6H3. The van der Waals surface area contributed by atoms with Crippen LogP contribution >= 0.6 is 0 Å². The van der Waals surface area contributed by atoms with Crippen LogP contribution in [0.5, 0.6) is 0 Å². The molecule has 3 rings (SSSR count). The van der Waals surface area contributed by atoms with Gasteiger partial charge in [0.1, 0.15) is 5.60 Å². The molecule has 1 aromatic heterocycles. The third kappa shape index (κ3) is 4.88. The van der Waals surface area contributed by atoms with Crippen molar-refractivity contribution in [2.75, 3.05) is 26.2 Å². The predicted molar refractivity (Wildman–Crippen MR) is 111 cm³/mol. The smallest absolute Gasteiger partial charge is 0.410 e. The maximum Gasteiger partial charge on any atom is 0.410 e. The molecule has 0 bridgehead atoms. The summed E-state index contributed by atoms with van der Waals surface area (Å²) in [5, 5.41) is 4.63. The van der Waals surface area contributed by atoms with E-state index in [1.165, 1.54) is 42.8 Å².